The minimum atomic E-state index is -0.443. The average Bonchev–Trinajstić information content (AvgIpc) is 2.42. The van der Waals surface area contributed by atoms with E-state index in [2.05, 4.69) is 27.9 Å². The molecule has 0 saturated heterocycles. The molecule has 104 valence electrons. The molecule has 19 heavy (non-hydrogen) atoms. The summed E-state index contributed by atoms with van der Waals surface area (Å²) in [5.74, 6) is 0.733. The first kappa shape index (κ1) is 14.6. The van der Waals surface area contributed by atoms with Crippen LogP contribution in [0.5, 0.6) is 5.75 Å². The molecular weight excluding hydrogens is 353 g/mol. The van der Waals surface area contributed by atoms with Gasteiger partial charge in [0.1, 0.15) is 5.75 Å². The lowest BCUT2D eigenvalue weighted by atomic mass is 9.95. The molecule has 1 aromatic carbocycles. The van der Waals surface area contributed by atoms with Crippen LogP contribution in [0.4, 0.5) is 0 Å². The van der Waals surface area contributed by atoms with Crippen molar-refractivity contribution in [2.75, 3.05) is 0 Å². The Labute approximate surface area is 128 Å². The predicted molar refractivity (Wildman–Crippen MR) is 84.3 cm³/mol. The molecule has 1 atom stereocenters. The highest BCUT2D eigenvalue weighted by Gasteiger charge is 2.20. The quantitative estimate of drug-likeness (QED) is 0.821. The van der Waals surface area contributed by atoms with Crippen LogP contribution in [-0.2, 0) is 4.79 Å². The van der Waals surface area contributed by atoms with Crippen LogP contribution in [0.2, 0.25) is 0 Å². The van der Waals surface area contributed by atoms with Gasteiger partial charge in [0.25, 0.3) is 5.91 Å². The Bertz CT molecular complexity index is 413. The molecule has 0 aliphatic heterocycles. The summed E-state index contributed by atoms with van der Waals surface area (Å²) >= 11 is 2.25. The van der Waals surface area contributed by atoms with Gasteiger partial charge in [-0.25, -0.2) is 0 Å². The van der Waals surface area contributed by atoms with E-state index in [0.29, 0.717) is 6.04 Å². The van der Waals surface area contributed by atoms with Crippen molar-refractivity contribution in [1.82, 2.24) is 5.32 Å². The van der Waals surface area contributed by atoms with Gasteiger partial charge in [0, 0.05) is 9.61 Å². The molecule has 1 unspecified atom stereocenters. The van der Waals surface area contributed by atoms with Crippen molar-refractivity contribution in [2.45, 2.75) is 51.2 Å². The second-order valence-corrected chi connectivity index (χ2v) is 6.30. The Kier molecular flexibility index (Phi) is 5.48. The van der Waals surface area contributed by atoms with Gasteiger partial charge in [-0.1, -0.05) is 19.3 Å². The monoisotopic (exact) mass is 373 g/mol. The third-order valence-corrected chi connectivity index (χ3v) is 4.17. The first-order chi connectivity index (χ1) is 9.15. The Morgan fingerprint density at radius 2 is 1.89 bits per heavy atom. The van der Waals surface area contributed by atoms with Crippen LogP contribution in [0.25, 0.3) is 0 Å². The molecule has 0 spiro atoms. The molecule has 1 aromatic rings. The fourth-order valence-corrected chi connectivity index (χ4v) is 2.70. The van der Waals surface area contributed by atoms with E-state index in [-0.39, 0.29) is 5.91 Å². The third-order valence-electron chi connectivity index (χ3n) is 3.45. The van der Waals surface area contributed by atoms with E-state index in [1.54, 1.807) is 6.92 Å². The Hall–Kier alpha value is -0.780. The second kappa shape index (κ2) is 7.12. The number of rotatable bonds is 4. The molecule has 2 rings (SSSR count). The highest BCUT2D eigenvalue weighted by atomic mass is 127. The summed E-state index contributed by atoms with van der Waals surface area (Å²) in [6.07, 6.45) is 5.49. The molecule has 1 aliphatic rings. The summed E-state index contributed by atoms with van der Waals surface area (Å²) in [5, 5.41) is 3.08. The van der Waals surface area contributed by atoms with E-state index in [0.717, 1.165) is 22.2 Å². The van der Waals surface area contributed by atoms with Crippen LogP contribution in [0.1, 0.15) is 39.0 Å². The van der Waals surface area contributed by atoms with Crippen molar-refractivity contribution >= 4 is 28.5 Å². The molecule has 0 aromatic heterocycles. The lowest BCUT2D eigenvalue weighted by Gasteiger charge is -2.24. The second-order valence-electron chi connectivity index (χ2n) is 5.06. The Morgan fingerprint density at radius 1 is 1.26 bits per heavy atom. The number of hydrogen-bond donors (Lipinski definition) is 1. The summed E-state index contributed by atoms with van der Waals surface area (Å²) in [5.41, 5.74) is 0. The largest absolute Gasteiger partial charge is 0.481 e. The lowest BCUT2D eigenvalue weighted by Crippen LogP contribution is -2.43. The van der Waals surface area contributed by atoms with E-state index >= 15 is 0 Å². The first-order valence-corrected chi connectivity index (χ1v) is 7.95. The van der Waals surface area contributed by atoms with E-state index in [9.17, 15) is 4.79 Å². The van der Waals surface area contributed by atoms with E-state index < -0.39 is 6.10 Å². The van der Waals surface area contributed by atoms with Gasteiger partial charge in [-0.2, -0.15) is 0 Å². The van der Waals surface area contributed by atoms with Crippen LogP contribution < -0.4 is 10.1 Å². The summed E-state index contributed by atoms with van der Waals surface area (Å²) in [6, 6.07) is 8.07. The topological polar surface area (TPSA) is 38.3 Å². The molecule has 4 heteroatoms. The van der Waals surface area contributed by atoms with E-state index in [1.807, 2.05) is 24.3 Å². The summed E-state index contributed by atoms with van der Waals surface area (Å²) < 4.78 is 6.81. The molecular formula is C15H20INO2. The zero-order valence-corrected chi connectivity index (χ0v) is 13.4. The minimum absolute atomic E-state index is 0.00884. The van der Waals surface area contributed by atoms with Crippen molar-refractivity contribution in [2.24, 2.45) is 0 Å². The molecule has 1 N–H and O–H groups in total. The zero-order chi connectivity index (χ0) is 13.7. The van der Waals surface area contributed by atoms with Crippen molar-refractivity contribution < 1.29 is 9.53 Å². The maximum absolute atomic E-state index is 12.0. The molecule has 1 fully saturated rings. The van der Waals surface area contributed by atoms with Gasteiger partial charge in [0.2, 0.25) is 0 Å². The lowest BCUT2D eigenvalue weighted by molar-refractivity contribution is -0.128. The number of carbonyl (C=O) groups excluding carboxylic acids is 1. The number of halogens is 1. The zero-order valence-electron chi connectivity index (χ0n) is 11.2. The van der Waals surface area contributed by atoms with Crippen LogP contribution in [0.15, 0.2) is 24.3 Å². The van der Waals surface area contributed by atoms with E-state index in [4.69, 9.17) is 4.74 Å². The number of ether oxygens (including phenoxy) is 1. The maximum atomic E-state index is 12.0. The number of hydrogen-bond acceptors (Lipinski definition) is 2. The predicted octanol–water partition coefficient (Wildman–Crippen LogP) is 3.51. The standard InChI is InChI=1S/C15H20INO2/c1-11(19-14-9-7-12(16)8-10-14)15(18)17-13-5-3-2-4-6-13/h7-11,13H,2-6H2,1H3,(H,17,18). The molecule has 1 amide bonds. The van der Waals surface area contributed by atoms with Gasteiger partial charge in [0.05, 0.1) is 0 Å². The fraction of sp³-hybridized carbons (Fsp3) is 0.533. The van der Waals surface area contributed by atoms with Crippen LogP contribution in [0, 0.1) is 3.57 Å². The normalized spacial score (nSPS) is 17.8. The third kappa shape index (κ3) is 4.67. The Balaban J connectivity index is 1.83. The number of nitrogens with one attached hydrogen (secondary N) is 1. The molecule has 1 saturated carbocycles. The van der Waals surface area contributed by atoms with Gasteiger partial charge in [-0.05, 0) is 66.6 Å². The fourth-order valence-electron chi connectivity index (χ4n) is 2.34. The van der Waals surface area contributed by atoms with Gasteiger partial charge >= 0.3 is 0 Å². The average molecular weight is 373 g/mol. The highest BCUT2D eigenvalue weighted by Crippen LogP contribution is 2.18. The number of benzene rings is 1. The first-order valence-electron chi connectivity index (χ1n) is 6.88. The summed E-state index contributed by atoms with van der Waals surface area (Å²) in [7, 11) is 0. The highest BCUT2D eigenvalue weighted by molar-refractivity contribution is 14.1. The van der Waals surface area contributed by atoms with Crippen molar-refractivity contribution in [3.8, 4) is 5.75 Å². The minimum Gasteiger partial charge on any atom is -0.481 e. The summed E-state index contributed by atoms with van der Waals surface area (Å²) in [6.45, 7) is 1.80. The van der Waals surface area contributed by atoms with Crippen molar-refractivity contribution in [3.63, 3.8) is 0 Å². The van der Waals surface area contributed by atoms with Gasteiger partial charge in [0.15, 0.2) is 6.10 Å². The molecule has 0 bridgehead atoms. The van der Waals surface area contributed by atoms with Gasteiger partial charge in [-0.15, -0.1) is 0 Å². The molecule has 1 aliphatic carbocycles. The number of carbonyl (C=O) groups is 1. The van der Waals surface area contributed by atoms with Gasteiger partial charge < -0.3 is 10.1 Å². The van der Waals surface area contributed by atoms with E-state index in [1.165, 1.54) is 19.3 Å². The maximum Gasteiger partial charge on any atom is 0.260 e. The van der Waals surface area contributed by atoms with Crippen molar-refractivity contribution in [3.05, 3.63) is 27.8 Å². The van der Waals surface area contributed by atoms with Crippen LogP contribution >= 0.6 is 22.6 Å². The van der Waals surface area contributed by atoms with Crippen LogP contribution in [-0.4, -0.2) is 18.1 Å². The molecule has 0 heterocycles. The van der Waals surface area contributed by atoms with Crippen molar-refractivity contribution in [1.29, 1.82) is 0 Å². The van der Waals surface area contributed by atoms with Gasteiger partial charge in [-0.3, -0.25) is 4.79 Å². The number of amides is 1. The SMILES string of the molecule is CC(Oc1ccc(I)cc1)C(=O)NC1CCCCC1. The molecule has 3 nitrogen and oxygen atoms in total. The smallest absolute Gasteiger partial charge is 0.260 e. The Morgan fingerprint density at radius 3 is 2.53 bits per heavy atom. The summed E-state index contributed by atoms with van der Waals surface area (Å²) in [4.78, 5) is 12.0. The van der Waals surface area contributed by atoms with Crippen LogP contribution in [0.3, 0.4) is 0 Å². The molecule has 0 radical (unpaired) electrons.